The molecular formula is C17H23N3O4. The van der Waals surface area contributed by atoms with E-state index in [1.54, 1.807) is 24.3 Å². The van der Waals surface area contributed by atoms with Gasteiger partial charge in [0.25, 0.3) is 0 Å². The molecule has 1 rings (SSSR count). The number of amides is 2. The molecule has 0 heterocycles. The average molecular weight is 333 g/mol. The molecule has 0 saturated carbocycles. The van der Waals surface area contributed by atoms with Crippen LogP contribution in [0.15, 0.2) is 36.0 Å². The predicted molar refractivity (Wildman–Crippen MR) is 92.3 cm³/mol. The first-order valence-corrected chi connectivity index (χ1v) is 7.49. The third kappa shape index (κ3) is 6.95. The number of carbonyl (C=O) groups excluding carboxylic acids is 2. The minimum Gasteiger partial charge on any atom is -0.493 e. The van der Waals surface area contributed by atoms with Gasteiger partial charge in [0.2, 0.25) is 11.8 Å². The van der Waals surface area contributed by atoms with E-state index < -0.39 is 5.91 Å². The van der Waals surface area contributed by atoms with Gasteiger partial charge in [-0.15, -0.1) is 0 Å². The van der Waals surface area contributed by atoms with Crippen molar-refractivity contribution in [1.82, 2.24) is 10.7 Å². The minimum atomic E-state index is -0.484. The zero-order chi connectivity index (χ0) is 17.9. The lowest BCUT2D eigenvalue weighted by Gasteiger charge is -2.09. The second-order valence-electron chi connectivity index (χ2n) is 5.20. The molecule has 0 fully saturated rings. The van der Waals surface area contributed by atoms with Crippen LogP contribution in [0.4, 0.5) is 0 Å². The molecule has 7 nitrogen and oxygen atoms in total. The van der Waals surface area contributed by atoms with Gasteiger partial charge in [-0.25, -0.2) is 5.43 Å². The van der Waals surface area contributed by atoms with Crippen molar-refractivity contribution in [3.05, 3.63) is 36.4 Å². The fourth-order valence-corrected chi connectivity index (χ4v) is 1.77. The fraction of sp³-hybridized carbons (Fsp3) is 0.353. The molecular weight excluding hydrogens is 310 g/mol. The summed E-state index contributed by atoms with van der Waals surface area (Å²) in [5.41, 5.74) is 3.02. The highest BCUT2D eigenvalue weighted by molar-refractivity contribution is 5.97. The van der Waals surface area contributed by atoms with Gasteiger partial charge in [0.1, 0.15) is 13.0 Å². The molecule has 2 N–H and O–H groups in total. The summed E-state index contributed by atoms with van der Waals surface area (Å²) in [5.74, 6) is 0.303. The fourth-order valence-electron chi connectivity index (χ4n) is 1.77. The van der Waals surface area contributed by atoms with Crippen molar-refractivity contribution < 1.29 is 19.1 Å². The molecule has 0 aromatic heterocycles. The summed E-state index contributed by atoms with van der Waals surface area (Å²) in [6.45, 7) is 7.61. The van der Waals surface area contributed by atoms with E-state index >= 15 is 0 Å². The van der Waals surface area contributed by atoms with Crippen LogP contribution in [0.1, 0.15) is 25.8 Å². The van der Waals surface area contributed by atoms with Crippen LogP contribution < -0.4 is 20.2 Å². The number of ether oxygens (including phenoxy) is 2. The predicted octanol–water partition coefficient (Wildman–Crippen LogP) is 1.62. The van der Waals surface area contributed by atoms with Crippen LogP contribution in [0.3, 0.4) is 0 Å². The molecule has 0 aliphatic rings. The summed E-state index contributed by atoms with van der Waals surface area (Å²) in [6, 6.07) is 5.21. The second kappa shape index (κ2) is 10.0. The maximum Gasteiger partial charge on any atom is 0.249 e. The van der Waals surface area contributed by atoms with Crippen molar-refractivity contribution in [1.29, 1.82) is 0 Å². The topological polar surface area (TPSA) is 89.0 Å². The second-order valence-corrected chi connectivity index (χ2v) is 5.20. The van der Waals surface area contributed by atoms with E-state index in [0.717, 1.165) is 0 Å². The third-order valence-corrected chi connectivity index (χ3v) is 2.72. The lowest BCUT2D eigenvalue weighted by Crippen LogP contribution is -2.34. The highest BCUT2D eigenvalue weighted by Crippen LogP contribution is 2.27. The zero-order valence-corrected chi connectivity index (χ0v) is 14.2. The van der Waals surface area contributed by atoms with Gasteiger partial charge in [-0.2, -0.15) is 5.10 Å². The smallest absolute Gasteiger partial charge is 0.249 e. The lowest BCUT2D eigenvalue weighted by molar-refractivity contribution is -0.129. The molecule has 24 heavy (non-hydrogen) atoms. The highest BCUT2D eigenvalue weighted by Gasteiger charge is 2.09. The molecule has 1 aromatic carbocycles. The molecule has 2 amide bonds. The van der Waals surface area contributed by atoms with Crippen molar-refractivity contribution in [2.75, 3.05) is 13.7 Å². The number of nitrogens with one attached hydrogen (secondary N) is 2. The number of rotatable bonds is 9. The van der Waals surface area contributed by atoms with E-state index in [-0.39, 0.29) is 18.4 Å². The summed E-state index contributed by atoms with van der Waals surface area (Å²) in [4.78, 5) is 23.0. The molecule has 0 bridgehead atoms. The Kier molecular flexibility index (Phi) is 8.04. The van der Waals surface area contributed by atoms with E-state index in [4.69, 9.17) is 9.47 Å². The molecule has 0 spiro atoms. The Bertz CT molecular complexity index is 612. The van der Waals surface area contributed by atoms with Gasteiger partial charge in [-0.3, -0.25) is 9.59 Å². The van der Waals surface area contributed by atoms with Crippen molar-refractivity contribution in [3.63, 3.8) is 0 Å². The largest absolute Gasteiger partial charge is 0.493 e. The van der Waals surface area contributed by atoms with Crippen molar-refractivity contribution in [3.8, 4) is 11.5 Å². The first-order valence-electron chi connectivity index (χ1n) is 7.49. The Morgan fingerprint density at radius 3 is 2.67 bits per heavy atom. The summed E-state index contributed by atoms with van der Waals surface area (Å²) < 4.78 is 10.7. The third-order valence-electron chi connectivity index (χ3n) is 2.72. The molecule has 0 radical (unpaired) electrons. The first kappa shape index (κ1) is 19.2. The Hall–Kier alpha value is -2.83. The first-order chi connectivity index (χ1) is 11.5. The van der Waals surface area contributed by atoms with Crippen molar-refractivity contribution >= 4 is 18.0 Å². The van der Waals surface area contributed by atoms with Crippen molar-refractivity contribution in [2.24, 2.45) is 5.10 Å². The van der Waals surface area contributed by atoms with Crippen LogP contribution in [-0.4, -0.2) is 37.8 Å². The molecule has 0 aliphatic carbocycles. The number of carbonyl (C=O) groups is 2. The van der Waals surface area contributed by atoms with Gasteiger partial charge >= 0.3 is 0 Å². The molecule has 0 unspecified atom stereocenters. The number of nitrogens with zero attached hydrogens (tertiary/aromatic N) is 1. The van der Waals surface area contributed by atoms with Gasteiger partial charge in [0, 0.05) is 6.04 Å². The van der Waals surface area contributed by atoms with E-state index in [1.807, 2.05) is 13.8 Å². The number of methoxy groups -OCH3 is 1. The monoisotopic (exact) mass is 333 g/mol. The number of hydrogen-bond donors (Lipinski definition) is 2. The molecule has 0 aliphatic heterocycles. The maximum absolute atomic E-state index is 11.6. The quantitative estimate of drug-likeness (QED) is 0.311. The zero-order valence-electron chi connectivity index (χ0n) is 14.2. The molecule has 0 saturated heterocycles. The van der Waals surface area contributed by atoms with Crippen molar-refractivity contribution in [2.45, 2.75) is 26.3 Å². The molecule has 1 aromatic rings. The number of benzene rings is 1. The Morgan fingerprint density at radius 1 is 1.29 bits per heavy atom. The standard InChI is InChI=1S/C17H23N3O4/c1-5-8-24-14-7-6-13(9-15(14)23-4)11-18-20-17(22)10-16(21)19-12(2)3/h5-7,9,11-12H,1,8,10H2,2-4H3,(H,19,21)(H,20,22)/b18-11-. The summed E-state index contributed by atoms with van der Waals surface area (Å²) in [5, 5.41) is 6.45. The lowest BCUT2D eigenvalue weighted by atomic mass is 10.2. The normalized spacial score (nSPS) is 10.5. The van der Waals surface area contributed by atoms with E-state index in [9.17, 15) is 9.59 Å². The van der Waals surface area contributed by atoms with Crippen LogP contribution in [0.2, 0.25) is 0 Å². The van der Waals surface area contributed by atoms with Crippen LogP contribution >= 0.6 is 0 Å². The number of hydrazone groups is 1. The van der Waals surface area contributed by atoms with Gasteiger partial charge < -0.3 is 14.8 Å². The van der Waals surface area contributed by atoms with E-state index in [0.29, 0.717) is 23.7 Å². The summed E-state index contributed by atoms with van der Waals surface area (Å²) in [6.07, 6.45) is 2.82. The Labute approximate surface area is 141 Å². The van der Waals surface area contributed by atoms with Crippen LogP contribution in [-0.2, 0) is 9.59 Å². The minimum absolute atomic E-state index is 0.0110. The van der Waals surface area contributed by atoms with Crippen LogP contribution in [0.25, 0.3) is 0 Å². The summed E-state index contributed by atoms with van der Waals surface area (Å²) >= 11 is 0. The van der Waals surface area contributed by atoms with Crippen LogP contribution in [0, 0.1) is 0 Å². The Balaban J connectivity index is 2.59. The van der Waals surface area contributed by atoms with Gasteiger partial charge in [-0.05, 0) is 37.6 Å². The molecule has 130 valence electrons. The van der Waals surface area contributed by atoms with Gasteiger partial charge in [0.05, 0.1) is 13.3 Å². The van der Waals surface area contributed by atoms with E-state index in [2.05, 4.69) is 22.4 Å². The Morgan fingerprint density at radius 2 is 2.04 bits per heavy atom. The average Bonchev–Trinajstić information content (AvgIpc) is 2.52. The molecule has 0 atom stereocenters. The SMILES string of the molecule is C=CCOc1ccc(/C=N\NC(=O)CC(=O)NC(C)C)cc1OC. The van der Waals surface area contributed by atoms with E-state index in [1.165, 1.54) is 13.3 Å². The highest BCUT2D eigenvalue weighted by atomic mass is 16.5. The van der Waals surface area contributed by atoms with Gasteiger partial charge in [0.15, 0.2) is 11.5 Å². The molecule has 7 heteroatoms. The summed E-state index contributed by atoms with van der Waals surface area (Å²) in [7, 11) is 1.53. The number of hydrogen-bond acceptors (Lipinski definition) is 5. The van der Waals surface area contributed by atoms with Gasteiger partial charge in [-0.1, -0.05) is 12.7 Å². The maximum atomic E-state index is 11.6. The van der Waals surface area contributed by atoms with Crippen LogP contribution in [0.5, 0.6) is 11.5 Å².